The van der Waals surface area contributed by atoms with Crippen molar-refractivity contribution in [1.29, 1.82) is 0 Å². The molecule has 0 aromatic carbocycles. The summed E-state index contributed by atoms with van der Waals surface area (Å²) in [6, 6.07) is 2.15. The maximum Gasteiger partial charge on any atom is 0.0757 e. The van der Waals surface area contributed by atoms with Crippen molar-refractivity contribution in [2.75, 3.05) is 0 Å². The van der Waals surface area contributed by atoms with Crippen LogP contribution in [0.2, 0.25) is 0 Å². The number of hydrogen-bond acceptors (Lipinski definition) is 1. The molecule has 1 heterocycles. The van der Waals surface area contributed by atoms with Crippen molar-refractivity contribution < 1.29 is 0 Å². The molecule has 0 radical (unpaired) electrons. The van der Waals surface area contributed by atoms with Crippen molar-refractivity contribution in [3.63, 3.8) is 0 Å². The third-order valence-corrected chi connectivity index (χ3v) is 6.08. The molecule has 2 rings (SSSR count). The summed E-state index contributed by atoms with van der Waals surface area (Å²) in [7, 11) is 0. The Balaban J connectivity index is 1.96. The summed E-state index contributed by atoms with van der Waals surface area (Å²) < 4.78 is 2.33. The van der Waals surface area contributed by atoms with Crippen LogP contribution in [-0.2, 0) is 0 Å². The van der Waals surface area contributed by atoms with Crippen LogP contribution in [0.1, 0.15) is 49.5 Å². The van der Waals surface area contributed by atoms with Crippen LogP contribution >= 0.6 is 54.8 Å². The number of halogens is 3. The van der Waals surface area contributed by atoms with Gasteiger partial charge in [-0.15, -0.1) is 22.9 Å². The van der Waals surface area contributed by atoms with Crippen LogP contribution in [-0.4, -0.2) is 0 Å². The Morgan fingerprint density at radius 2 is 2.00 bits per heavy atom. The van der Waals surface area contributed by atoms with Gasteiger partial charge >= 0.3 is 0 Å². The van der Waals surface area contributed by atoms with E-state index in [9.17, 15) is 0 Å². The number of rotatable bonds is 3. The second-order valence-corrected chi connectivity index (χ2v) is 8.76. The van der Waals surface area contributed by atoms with E-state index in [1.165, 1.54) is 41.5 Å². The van der Waals surface area contributed by atoms with Crippen molar-refractivity contribution >= 4 is 54.8 Å². The lowest BCUT2D eigenvalue weighted by molar-refractivity contribution is 0.336. The topological polar surface area (TPSA) is 0 Å². The molecule has 0 amide bonds. The molecular formula is C12H15Br2ClS. The van der Waals surface area contributed by atoms with E-state index in [0.29, 0.717) is 0 Å². The minimum atomic E-state index is 0.167. The minimum absolute atomic E-state index is 0.167. The maximum atomic E-state index is 6.51. The molecule has 0 N–H and O–H groups in total. The summed E-state index contributed by atoms with van der Waals surface area (Å²) in [5.74, 6) is 0.835. The van der Waals surface area contributed by atoms with Gasteiger partial charge in [0.1, 0.15) is 0 Å². The highest BCUT2D eigenvalue weighted by molar-refractivity contribution is 9.12. The van der Waals surface area contributed by atoms with Crippen molar-refractivity contribution in [2.24, 2.45) is 5.92 Å². The Labute approximate surface area is 123 Å². The van der Waals surface area contributed by atoms with E-state index in [-0.39, 0.29) is 5.38 Å². The fourth-order valence-corrected chi connectivity index (χ4v) is 6.00. The van der Waals surface area contributed by atoms with Gasteiger partial charge in [-0.1, -0.05) is 32.1 Å². The van der Waals surface area contributed by atoms with E-state index in [1.54, 1.807) is 11.3 Å². The van der Waals surface area contributed by atoms with Crippen molar-refractivity contribution in [3.8, 4) is 0 Å². The van der Waals surface area contributed by atoms with Gasteiger partial charge < -0.3 is 0 Å². The molecule has 0 nitrogen and oxygen atoms in total. The fourth-order valence-electron chi connectivity index (χ4n) is 2.41. The van der Waals surface area contributed by atoms with Crippen LogP contribution in [0, 0.1) is 5.92 Å². The summed E-state index contributed by atoms with van der Waals surface area (Å²) in [5, 5.41) is 0.167. The average Bonchev–Trinajstić information content (AvgIpc) is 2.59. The Kier molecular flexibility index (Phi) is 5.20. The first-order chi connectivity index (χ1) is 7.66. The molecule has 1 saturated carbocycles. The second kappa shape index (κ2) is 6.21. The van der Waals surface area contributed by atoms with Gasteiger partial charge in [0.15, 0.2) is 0 Å². The molecule has 1 aliphatic carbocycles. The molecule has 1 atom stereocenters. The monoisotopic (exact) mass is 384 g/mol. The van der Waals surface area contributed by atoms with Crippen LogP contribution in [0.15, 0.2) is 13.6 Å². The molecule has 1 aromatic heterocycles. The quantitative estimate of drug-likeness (QED) is 0.519. The minimum Gasteiger partial charge on any atom is -0.121 e. The van der Waals surface area contributed by atoms with Crippen LogP contribution in [0.5, 0.6) is 0 Å². The fraction of sp³-hybridized carbons (Fsp3) is 0.667. The highest BCUT2D eigenvalue weighted by Crippen LogP contribution is 2.42. The lowest BCUT2D eigenvalue weighted by Crippen LogP contribution is -2.08. The third kappa shape index (κ3) is 3.47. The van der Waals surface area contributed by atoms with Gasteiger partial charge in [-0.25, -0.2) is 0 Å². The summed E-state index contributed by atoms with van der Waals surface area (Å²) in [6.07, 6.45) is 8.06. The highest BCUT2D eigenvalue weighted by atomic mass is 79.9. The van der Waals surface area contributed by atoms with Gasteiger partial charge in [0, 0.05) is 0 Å². The zero-order chi connectivity index (χ0) is 11.5. The Morgan fingerprint density at radius 3 is 2.56 bits per heavy atom. The smallest absolute Gasteiger partial charge is 0.0757 e. The predicted octanol–water partition coefficient (Wildman–Crippen LogP) is 6.52. The van der Waals surface area contributed by atoms with E-state index in [4.69, 9.17) is 11.6 Å². The predicted molar refractivity (Wildman–Crippen MR) is 79.5 cm³/mol. The molecule has 1 aromatic rings. The molecule has 0 bridgehead atoms. The Morgan fingerprint density at radius 1 is 1.31 bits per heavy atom. The maximum absolute atomic E-state index is 6.51. The van der Waals surface area contributed by atoms with Gasteiger partial charge in [-0.05, 0) is 55.8 Å². The number of alkyl halides is 1. The first-order valence-corrected chi connectivity index (χ1v) is 8.59. The summed E-state index contributed by atoms with van der Waals surface area (Å²) in [6.45, 7) is 0. The molecule has 90 valence electrons. The second-order valence-electron chi connectivity index (χ2n) is 4.49. The van der Waals surface area contributed by atoms with E-state index in [1.807, 2.05) is 0 Å². The number of thiophene rings is 1. The SMILES string of the molecule is ClC(CC1CCCCC1)c1cc(Br)sc1Br. The van der Waals surface area contributed by atoms with E-state index in [2.05, 4.69) is 37.9 Å². The average molecular weight is 387 g/mol. The summed E-state index contributed by atoms with van der Waals surface area (Å²) in [4.78, 5) is 0. The van der Waals surface area contributed by atoms with Crippen molar-refractivity contribution in [1.82, 2.24) is 0 Å². The van der Waals surface area contributed by atoms with Crippen LogP contribution in [0.25, 0.3) is 0 Å². The van der Waals surface area contributed by atoms with Crippen LogP contribution in [0.3, 0.4) is 0 Å². The van der Waals surface area contributed by atoms with E-state index < -0.39 is 0 Å². The lowest BCUT2D eigenvalue weighted by atomic mass is 9.85. The standard InChI is InChI=1S/C12H15Br2ClS/c13-11-7-9(12(14)16-11)10(15)6-8-4-2-1-3-5-8/h7-8,10H,1-6H2. The molecule has 0 aliphatic heterocycles. The molecule has 0 spiro atoms. The van der Waals surface area contributed by atoms with Crippen LogP contribution in [0.4, 0.5) is 0 Å². The molecule has 1 aliphatic rings. The van der Waals surface area contributed by atoms with Gasteiger partial charge in [-0.2, -0.15) is 0 Å². The molecule has 4 heteroatoms. The molecular weight excluding hydrogens is 371 g/mol. The van der Waals surface area contributed by atoms with Gasteiger partial charge in [0.05, 0.1) is 12.9 Å². The van der Waals surface area contributed by atoms with Crippen molar-refractivity contribution in [2.45, 2.75) is 43.9 Å². The lowest BCUT2D eigenvalue weighted by Gasteiger charge is -2.23. The highest BCUT2D eigenvalue weighted by Gasteiger charge is 2.21. The zero-order valence-corrected chi connectivity index (χ0v) is 13.8. The van der Waals surface area contributed by atoms with E-state index in [0.717, 1.165) is 16.1 Å². The molecule has 1 fully saturated rings. The molecule has 0 saturated heterocycles. The zero-order valence-electron chi connectivity index (χ0n) is 9.02. The first-order valence-electron chi connectivity index (χ1n) is 5.75. The first kappa shape index (κ1) is 13.4. The van der Waals surface area contributed by atoms with Gasteiger partial charge in [0.2, 0.25) is 0 Å². The summed E-state index contributed by atoms with van der Waals surface area (Å²) >= 11 is 15.3. The molecule has 16 heavy (non-hydrogen) atoms. The Bertz CT molecular complexity index is 345. The number of hydrogen-bond donors (Lipinski definition) is 0. The van der Waals surface area contributed by atoms with Crippen molar-refractivity contribution in [3.05, 3.63) is 19.2 Å². The Hall–Kier alpha value is 0.950. The van der Waals surface area contributed by atoms with Crippen LogP contribution < -0.4 is 0 Å². The normalized spacial score (nSPS) is 19.9. The summed E-state index contributed by atoms with van der Waals surface area (Å²) in [5.41, 5.74) is 1.25. The van der Waals surface area contributed by atoms with Gasteiger partial charge in [0.25, 0.3) is 0 Å². The van der Waals surface area contributed by atoms with Gasteiger partial charge in [-0.3, -0.25) is 0 Å². The van der Waals surface area contributed by atoms with E-state index >= 15 is 0 Å². The third-order valence-electron chi connectivity index (χ3n) is 3.29. The largest absolute Gasteiger partial charge is 0.121 e. The molecule has 1 unspecified atom stereocenters.